The summed E-state index contributed by atoms with van der Waals surface area (Å²) in [5, 5.41) is 3.31. The minimum atomic E-state index is 0.446. The quantitative estimate of drug-likeness (QED) is 0.824. The van der Waals surface area contributed by atoms with E-state index in [1.54, 1.807) is 11.3 Å². The van der Waals surface area contributed by atoms with Crippen LogP contribution in [-0.2, 0) is 6.54 Å². The van der Waals surface area contributed by atoms with Gasteiger partial charge in [0.1, 0.15) is 9.61 Å². The topological polar surface area (TPSA) is 19.4 Å². The second-order valence-electron chi connectivity index (χ2n) is 5.56. The predicted molar refractivity (Wildman–Crippen MR) is 91.5 cm³/mol. The molecule has 0 radical (unpaired) electrons. The fourth-order valence-corrected chi connectivity index (χ4v) is 4.29. The average Bonchev–Trinajstić information content (AvgIpc) is 2.83. The molecule has 0 saturated carbocycles. The number of halogens is 1. The highest BCUT2D eigenvalue weighted by atomic mass is 79.9. The van der Waals surface area contributed by atoms with Gasteiger partial charge in [0, 0.05) is 31.6 Å². The Bertz CT molecular complexity index is 572. The highest BCUT2D eigenvalue weighted by Gasteiger charge is 2.24. The second-order valence-corrected chi connectivity index (χ2v) is 7.26. The predicted octanol–water partition coefficient (Wildman–Crippen LogP) is 3.78. The van der Waals surface area contributed by atoms with E-state index in [1.165, 1.54) is 10.6 Å². The van der Waals surface area contributed by atoms with E-state index >= 15 is 0 Å². The van der Waals surface area contributed by atoms with Gasteiger partial charge in [0.2, 0.25) is 0 Å². The zero-order valence-electron chi connectivity index (χ0n) is 12.2. The minimum Gasteiger partial charge on any atom is -0.298 e. The first kappa shape index (κ1) is 15.2. The van der Waals surface area contributed by atoms with Crippen molar-refractivity contribution < 1.29 is 0 Å². The van der Waals surface area contributed by atoms with E-state index in [-0.39, 0.29) is 0 Å². The van der Waals surface area contributed by atoms with E-state index in [1.807, 2.05) is 0 Å². The van der Waals surface area contributed by atoms with Gasteiger partial charge >= 0.3 is 0 Å². The zero-order valence-corrected chi connectivity index (χ0v) is 14.6. The van der Waals surface area contributed by atoms with Crippen LogP contribution < -0.4 is 0 Å². The van der Waals surface area contributed by atoms with Crippen LogP contribution >= 0.6 is 27.3 Å². The summed E-state index contributed by atoms with van der Waals surface area (Å²) in [7, 11) is 2.21. The number of hydrogen-bond acceptors (Lipinski definition) is 4. The number of nitrogens with zero attached hydrogens (tertiary/aromatic N) is 3. The van der Waals surface area contributed by atoms with Crippen LogP contribution in [0.15, 0.2) is 40.3 Å². The van der Waals surface area contributed by atoms with Gasteiger partial charge in [0.15, 0.2) is 0 Å². The number of likely N-dealkylation sites (N-methyl/N-ethyl adjacent to an activating group) is 1. The third-order valence-electron chi connectivity index (χ3n) is 4.05. The standard InChI is InChI=1S/C16H20BrN3S/c1-19-9-10-20(11-13-5-3-2-4-6-13)8-7-14(19)16-18-15(17)12-21-16/h2-6,12,14H,7-11H2,1H3. The molecule has 2 aromatic rings. The molecule has 0 aliphatic carbocycles. The highest BCUT2D eigenvalue weighted by Crippen LogP contribution is 2.29. The minimum absolute atomic E-state index is 0.446. The first-order chi connectivity index (χ1) is 10.2. The number of rotatable bonds is 3. The van der Waals surface area contributed by atoms with Crippen molar-refractivity contribution in [3.05, 3.63) is 50.9 Å². The second kappa shape index (κ2) is 7.01. The molecule has 1 aliphatic rings. The summed E-state index contributed by atoms with van der Waals surface area (Å²) in [6.45, 7) is 4.38. The molecule has 5 heteroatoms. The van der Waals surface area contributed by atoms with Crippen LogP contribution in [-0.4, -0.2) is 41.5 Å². The van der Waals surface area contributed by atoms with E-state index in [4.69, 9.17) is 0 Å². The van der Waals surface area contributed by atoms with Crippen LogP contribution in [0.1, 0.15) is 23.0 Å². The fourth-order valence-electron chi connectivity index (χ4n) is 2.82. The number of thiazole rings is 1. The lowest BCUT2D eigenvalue weighted by Gasteiger charge is -2.22. The largest absolute Gasteiger partial charge is 0.298 e. The summed E-state index contributed by atoms with van der Waals surface area (Å²) >= 11 is 5.22. The van der Waals surface area contributed by atoms with Crippen molar-refractivity contribution in [2.45, 2.75) is 19.0 Å². The molecule has 3 nitrogen and oxygen atoms in total. The molecule has 2 heterocycles. The molecular weight excluding hydrogens is 346 g/mol. The third kappa shape index (κ3) is 3.92. The molecular formula is C16H20BrN3S. The maximum absolute atomic E-state index is 4.61. The fraction of sp³-hybridized carbons (Fsp3) is 0.438. The van der Waals surface area contributed by atoms with Crippen molar-refractivity contribution in [1.29, 1.82) is 0 Å². The van der Waals surface area contributed by atoms with Crippen molar-refractivity contribution in [2.24, 2.45) is 0 Å². The molecule has 1 fully saturated rings. The third-order valence-corrected chi connectivity index (χ3v) is 5.70. The molecule has 0 spiro atoms. The van der Waals surface area contributed by atoms with Crippen LogP contribution in [0, 0.1) is 0 Å². The Morgan fingerprint density at radius 3 is 2.76 bits per heavy atom. The molecule has 1 atom stereocenters. The van der Waals surface area contributed by atoms with Crippen molar-refractivity contribution in [3.63, 3.8) is 0 Å². The van der Waals surface area contributed by atoms with Gasteiger partial charge in [0.25, 0.3) is 0 Å². The first-order valence-electron chi connectivity index (χ1n) is 7.30. The van der Waals surface area contributed by atoms with Crippen LogP contribution in [0.4, 0.5) is 0 Å². The molecule has 0 bridgehead atoms. The van der Waals surface area contributed by atoms with E-state index in [9.17, 15) is 0 Å². The lowest BCUT2D eigenvalue weighted by Crippen LogP contribution is -2.29. The van der Waals surface area contributed by atoms with Gasteiger partial charge in [-0.1, -0.05) is 30.3 Å². The zero-order chi connectivity index (χ0) is 14.7. The number of hydrogen-bond donors (Lipinski definition) is 0. The molecule has 0 N–H and O–H groups in total. The SMILES string of the molecule is CN1CCN(Cc2ccccc2)CCC1c1nc(Br)cs1. The molecule has 112 valence electrons. The van der Waals surface area contributed by atoms with Gasteiger partial charge < -0.3 is 0 Å². The number of benzene rings is 1. The Morgan fingerprint density at radius 2 is 2.05 bits per heavy atom. The summed E-state index contributed by atoms with van der Waals surface area (Å²) in [5.74, 6) is 0. The Morgan fingerprint density at radius 1 is 1.24 bits per heavy atom. The van der Waals surface area contributed by atoms with Crippen molar-refractivity contribution in [3.8, 4) is 0 Å². The Hall–Kier alpha value is -0.750. The molecule has 0 amide bonds. The molecule has 1 aromatic heterocycles. The van der Waals surface area contributed by atoms with Gasteiger partial charge in [-0.2, -0.15) is 0 Å². The Labute approximate surface area is 138 Å². The summed E-state index contributed by atoms with van der Waals surface area (Å²) in [6.07, 6.45) is 1.14. The number of aromatic nitrogens is 1. The normalized spacial score (nSPS) is 21.3. The van der Waals surface area contributed by atoms with Crippen LogP contribution in [0.2, 0.25) is 0 Å². The van der Waals surface area contributed by atoms with Gasteiger partial charge in [-0.15, -0.1) is 11.3 Å². The van der Waals surface area contributed by atoms with Gasteiger partial charge in [-0.05, 0) is 35.0 Å². The summed E-state index contributed by atoms with van der Waals surface area (Å²) in [4.78, 5) is 9.60. The Balaban J connectivity index is 1.65. The highest BCUT2D eigenvalue weighted by molar-refractivity contribution is 9.10. The van der Waals surface area contributed by atoms with Crippen molar-refractivity contribution in [1.82, 2.24) is 14.8 Å². The van der Waals surface area contributed by atoms with Crippen LogP contribution in [0.3, 0.4) is 0 Å². The molecule has 3 rings (SSSR count). The van der Waals surface area contributed by atoms with E-state index < -0.39 is 0 Å². The van der Waals surface area contributed by atoms with Crippen LogP contribution in [0.5, 0.6) is 0 Å². The maximum atomic E-state index is 4.61. The molecule has 1 unspecified atom stereocenters. The summed E-state index contributed by atoms with van der Waals surface area (Å²) < 4.78 is 0.960. The van der Waals surface area contributed by atoms with Gasteiger partial charge in [-0.25, -0.2) is 4.98 Å². The molecule has 1 saturated heterocycles. The first-order valence-corrected chi connectivity index (χ1v) is 8.97. The Kier molecular flexibility index (Phi) is 5.06. The monoisotopic (exact) mass is 365 g/mol. The van der Waals surface area contributed by atoms with Crippen molar-refractivity contribution >= 4 is 27.3 Å². The molecule has 21 heavy (non-hydrogen) atoms. The van der Waals surface area contributed by atoms with Gasteiger partial charge in [-0.3, -0.25) is 9.80 Å². The summed E-state index contributed by atoms with van der Waals surface area (Å²) in [6, 6.07) is 11.2. The maximum Gasteiger partial charge on any atom is 0.117 e. The molecule has 1 aliphatic heterocycles. The van der Waals surface area contributed by atoms with E-state index in [2.05, 4.69) is 73.5 Å². The molecule has 1 aromatic carbocycles. The van der Waals surface area contributed by atoms with Gasteiger partial charge in [0.05, 0.1) is 6.04 Å². The smallest absolute Gasteiger partial charge is 0.117 e. The lowest BCUT2D eigenvalue weighted by molar-refractivity contribution is 0.248. The summed E-state index contributed by atoms with van der Waals surface area (Å²) in [5.41, 5.74) is 1.40. The average molecular weight is 366 g/mol. The van der Waals surface area contributed by atoms with E-state index in [0.29, 0.717) is 6.04 Å². The lowest BCUT2D eigenvalue weighted by atomic mass is 10.2. The van der Waals surface area contributed by atoms with Crippen LogP contribution in [0.25, 0.3) is 0 Å². The van der Waals surface area contributed by atoms with Crippen molar-refractivity contribution in [2.75, 3.05) is 26.7 Å². The van der Waals surface area contributed by atoms with E-state index in [0.717, 1.165) is 37.2 Å².